The van der Waals surface area contributed by atoms with E-state index in [4.69, 9.17) is 66.6 Å². The summed E-state index contributed by atoms with van der Waals surface area (Å²) >= 11 is 0. The van der Waals surface area contributed by atoms with Gasteiger partial charge in [0.25, 0.3) is 5.91 Å². The monoisotopic (exact) mass is 1060 g/mol. The fourth-order valence-electron chi connectivity index (χ4n) is 8.42. The average Bonchev–Trinajstić information content (AvgIpc) is 4.20. The molecule has 6 aliphatic rings. The van der Waals surface area contributed by atoms with Gasteiger partial charge in [-0.3, -0.25) is 52.8 Å². The van der Waals surface area contributed by atoms with Gasteiger partial charge < -0.3 is 44.0 Å². The van der Waals surface area contributed by atoms with E-state index in [-0.39, 0.29) is 60.2 Å². The van der Waals surface area contributed by atoms with Gasteiger partial charge in [0.05, 0.1) is 30.8 Å². The zero-order valence-corrected chi connectivity index (χ0v) is 45.0. The number of aliphatic hydroxyl groups excluding tert-OH is 1. The first kappa shape index (κ1) is 68.0. The van der Waals surface area contributed by atoms with Crippen molar-refractivity contribution in [1.82, 2.24) is 34.5 Å². The number of amides is 7. The number of carbonyl (C=O) groups is 10. The number of hydrogen-bond donors (Lipinski definition) is 2. The first-order valence-electron chi connectivity index (χ1n) is 24.4. The standard InChI is InChI=1S/C10H18BNO2Si.C8H13BN2O3.C7H11BFNO2.C7H9BFNO2.C7H10BNO2.C6H8BNO3/c1-8(14-15(2,3)4)9-5-6-12(7-9)10(11)13;1-10(14-2)7(12)6-3-4-11(5-6)8(9)13;2*8-7(12)10-2-1-5(4-10)6(11)3-9;1-5(10)6-2-3-9(4-6)7(8)11;7-6(11)8-2-1-4(3-8)5(9)10/h9H,1,5-7H2,2-4H3;6H,3-5H2,1-2H3;5-6,11H,1-4H2;5H,1-4H2;6H,2-4H2,1H3;4H,1-3H2,(H,9,10). The lowest BCUT2D eigenvalue weighted by Gasteiger charge is -2.24. The van der Waals surface area contributed by atoms with Crippen molar-refractivity contribution in [2.24, 2.45) is 35.5 Å². The van der Waals surface area contributed by atoms with E-state index >= 15 is 0 Å². The van der Waals surface area contributed by atoms with Gasteiger partial charge in [-0.25, -0.2) is 13.8 Å². The van der Waals surface area contributed by atoms with Gasteiger partial charge >= 0.3 is 5.97 Å². The van der Waals surface area contributed by atoms with Crippen molar-refractivity contribution in [1.29, 1.82) is 0 Å². The summed E-state index contributed by atoms with van der Waals surface area (Å²) in [5.74, 6) is -4.09. The fraction of sp³-hybridized carbons (Fsp3) is 0.733. The molecule has 0 spiro atoms. The van der Waals surface area contributed by atoms with Gasteiger partial charge in [-0.1, -0.05) is 6.58 Å². The molecule has 12 radical (unpaired) electrons. The first-order chi connectivity index (χ1) is 34.9. The zero-order valence-electron chi connectivity index (χ0n) is 44.0. The molecule has 0 aromatic heterocycles. The second-order valence-electron chi connectivity index (χ2n) is 19.7. The lowest BCUT2D eigenvalue weighted by molar-refractivity contribution is -0.172. The molecular formula is C45H69B6F2N7O14Si. The van der Waals surface area contributed by atoms with Crippen LogP contribution in [0, 0.1) is 35.5 Å². The van der Waals surface area contributed by atoms with Crippen LogP contribution < -0.4 is 0 Å². The van der Waals surface area contributed by atoms with Crippen molar-refractivity contribution < 1.29 is 76.2 Å². The summed E-state index contributed by atoms with van der Waals surface area (Å²) in [7, 11) is 31.7. The molecule has 0 aromatic rings. The molecular weight excluding hydrogens is 993 g/mol. The van der Waals surface area contributed by atoms with Gasteiger partial charge in [0, 0.05) is 109 Å². The Hall–Kier alpha value is -4.97. The summed E-state index contributed by atoms with van der Waals surface area (Å²) < 4.78 is 29.7. The number of Topliss-reactive ketones (excluding diaryl/α,β-unsaturated/α-hetero) is 2. The maximum absolute atomic E-state index is 12.0. The molecule has 21 nitrogen and oxygen atoms in total. The van der Waals surface area contributed by atoms with E-state index in [1.807, 2.05) is 0 Å². The van der Waals surface area contributed by atoms with E-state index in [1.165, 1.54) is 36.7 Å². The number of hydroxylamine groups is 2. The van der Waals surface area contributed by atoms with Crippen molar-refractivity contribution in [3.05, 3.63) is 12.3 Å². The molecule has 0 aromatic carbocycles. The summed E-state index contributed by atoms with van der Waals surface area (Å²) in [4.78, 5) is 121. The normalized spacial score (nSPS) is 22.9. The number of carbonyl (C=O) groups excluding carboxylic acids is 9. The smallest absolute Gasteiger partial charge is 0.308 e. The minimum absolute atomic E-state index is 0.0162. The Morgan fingerprint density at radius 3 is 1.24 bits per heavy atom. The first-order valence-corrected chi connectivity index (χ1v) is 27.8. The predicted molar refractivity (Wildman–Crippen MR) is 280 cm³/mol. The summed E-state index contributed by atoms with van der Waals surface area (Å²) in [5, 5.41) is 18.8. The largest absolute Gasteiger partial charge is 0.548 e. The van der Waals surface area contributed by atoms with Crippen LogP contribution in [-0.2, 0) is 28.4 Å². The summed E-state index contributed by atoms with van der Waals surface area (Å²) in [6.45, 7) is 16.0. The van der Waals surface area contributed by atoms with Crippen LogP contribution in [0.4, 0.5) is 37.5 Å². The van der Waals surface area contributed by atoms with Crippen molar-refractivity contribution >= 4 is 114 Å². The lowest BCUT2D eigenvalue weighted by Crippen LogP contribution is -2.35. The Balaban J connectivity index is 0.000000452. The third-order valence-electron chi connectivity index (χ3n) is 13.1. The number of hydrogen-bond acceptors (Lipinski definition) is 13. The number of aliphatic hydroxyl groups is 1. The van der Waals surface area contributed by atoms with Crippen LogP contribution in [0.2, 0.25) is 19.6 Å². The number of likely N-dealkylation sites (tertiary alicyclic amines) is 6. The highest BCUT2D eigenvalue weighted by molar-refractivity contribution is 6.70. The number of nitrogens with zero attached hydrogens (tertiary/aromatic N) is 7. The molecule has 6 fully saturated rings. The number of carboxylic acid groups (broad SMARTS) is 1. The molecule has 2 N–H and O–H groups in total. The van der Waals surface area contributed by atoms with Crippen molar-refractivity contribution in [2.45, 2.75) is 71.2 Å². The highest BCUT2D eigenvalue weighted by Gasteiger charge is 2.34. The van der Waals surface area contributed by atoms with E-state index in [9.17, 15) is 56.7 Å². The van der Waals surface area contributed by atoms with Crippen LogP contribution in [-0.4, -0.2) is 271 Å². The molecule has 0 aliphatic carbocycles. The van der Waals surface area contributed by atoms with E-state index in [0.29, 0.717) is 91.1 Å². The van der Waals surface area contributed by atoms with Gasteiger partial charge in [-0.15, -0.1) is 0 Å². The third-order valence-corrected chi connectivity index (χ3v) is 14.0. The molecule has 75 heavy (non-hydrogen) atoms. The highest BCUT2D eigenvalue weighted by atomic mass is 28.4. The van der Waals surface area contributed by atoms with Gasteiger partial charge in [-0.05, 0) is 65.1 Å². The average molecular weight is 1060 g/mol. The molecule has 7 atom stereocenters. The molecule has 7 amide bonds. The van der Waals surface area contributed by atoms with Gasteiger partial charge in [0.1, 0.15) is 19.1 Å². The van der Waals surface area contributed by atoms with Gasteiger partial charge in [-0.2, -0.15) is 0 Å². The molecule has 6 rings (SSSR count). The van der Waals surface area contributed by atoms with Crippen molar-refractivity contribution in [3.63, 3.8) is 0 Å². The van der Waals surface area contributed by atoms with E-state index in [1.54, 1.807) is 18.9 Å². The summed E-state index contributed by atoms with van der Waals surface area (Å²) in [5.41, 5.74) is 0. The Kier molecular flexibility index (Phi) is 30.2. The van der Waals surface area contributed by atoms with Crippen molar-refractivity contribution in [2.75, 3.05) is 106 Å². The van der Waals surface area contributed by atoms with Crippen LogP contribution in [0.25, 0.3) is 0 Å². The molecule has 30 heteroatoms. The molecule has 0 bridgehead atoms. The van der Waals surface area contributed by atoms with E-state index < -0.39 is 74.5 Å². The second-order valence-corrected chi connectivity index (χ2v) is 24.1. The number of halogens is 2. The quantitative estimate of drug-likeness (QED) is 0.169. The van der Waals surface area contributed by atoms with Gasteiger partial charge in [0.2, 0.25) is 55.4 Å². The molecule has 6 aliphatic heterocycles. The van der Waals surface area contributed by atoms with Crippen LogP contribution in [0.3, 0.4) is 0 Å². The maximum atomic E-state index is 12.0. The summed E-state index contributed by atoms with van der Waals surface area (Å²) in [6.07, 6.45) is 3.05. The predicted octanol–water partition coefficient (Wildman–Crippen LogP) is 1.51. The number of aliphatic carboxylic acids is 1. The Labute approximate surface area is 448 Å². The SMILES string of the molecule is [B]C(=O)N1CCC(C(=C)O[Si](C)(C)C)C1.[B]C(=O)N1CCC(C(=O)CF)C1.[B]C(=O)N1CCC(C(=O)N(C)OC)C1.[B]C(=O)N1CCC(C(=O)O)C1.[B]C(=O)N1CCC(C(C)=O)C1.[B]C(=O)N1CCC(C(O)CF)C1. The maximum Gasteiger partial charge on any atom is 0.308 e. The Bertz CT molecular complexity index is 1920. The highest BCUT2D eigenvalue weighted by Crippen LogP contribution is 2.26. The molecule has 6 saturated heterocycles. The lowest BCUT2D eigenvalue weighted by atomic mass is 10.0. The van der Waals surface area contributed by atoms with Crippen molar-refractivity contribution in [3.8, 4) is 0 Å². The topological polar surface area (TPSA) is 252 Å². The number of alkyl halides is 2. The van der Waals surface area contributed by atoms with Crippen LogP contribution >= 0.6 is 0 Å². The van der Waals surface area contributed by atoms with Crippen LogP contribution in [0.5, 0.6) is 0 Å². The Morgan fingerprint density at radius 1 is 0.587 bits per heavy atom. The van der Waals surface area contributed by atoms with E-state index in [0.717, 1.165) is 18.6 Å². The number of rotatable bonds is 11. The van der Waals surface area contributed by atoms with Crippen LogP contribution in [0.15, 0.2) is 12.3 Å². The zero-order chi connectivity index (χ0) is 57.5. The van der Waals surface area contributed by atoms with Crippen LogP contribution in [0.1, 0.15) is 45.4 Å². The molecule has 6 heterocycles. The number of ketones is 2. The summed E-state index contributed by atoms with van der Waals surface area (Å²) in [6, 6.07) is 0. The minimum atomic E-state index is -1.57. The fourth-order valence-corrected chi connectivity index (χ4v) is 9.38. The minimum Gasteiger partial charge on any atom is -0.548 e. The van der Waals surface area contributed by atoms with E-state index in [2.05, 4.69) is 26.2 Å². The third kappa shape index (κ3) is 24.7. The Morgan fingerprint density at radius 2 is 0.920 bits per heavy atom. The second kappa shape index (κ2) is 33.2. The molecule has 0 saturated carbocycles. The molecule has 404 valence electrons. The molecule has 7 unspecified atom stereocenters. The van der Waals surface area contributed by atoms with Gasteiger partial charge in [0.15, 0.2) is 40.6 Å². The number of carboxylic acids is 1.